The molecule has 1 aliphatic rings. The maximum absolute atomic E-state index is 12.3. The molecular weight excluding hydrogens is 446 g/mol. The minimum atomic E-state index is -4.22. The Morgan fingerprint density at radius 3 is 1.97 bits per heavy atom. The van der Waals surface area contributed by atoms with E-state index in [1.54, 1.807) is 14.0 Å². The van der Waals surface area contributed by atoms with Crippen LogP contribution < -0.4 is 10.1 Å². The first kappa shape index (κ1) is 24.5. The molecule has 0 radical (unpaired) electrons. The molecule has 0 saturated heterocycles. The normalized spacial score (nSPS) is 21.8. The second kappa shape index (κ2) is 10.3. The molecule has 3 aromatic carbocycles. The van der Waals surface area contributed by atoms with E-state index in [9.17, 15) is 13.0 Å². The maximum Gasteiger partial charge on any atom is 0.268 e. The molecule has 5 nitrogen and oxygen atoms in total. The standard InChI is InChI=1S/C28H33NO4S/c1-21(34(30,31)32)28(24-14-9-15-26(20-24)33-2)18-16-25(17-19-28)29-27(22-10-5-3-6-11-22)23-12-7-4-8-13-23/h3-15,20-21,25,27,29H,16-19H2,1-2H3,(H,30,31,32). The predicted molar refractivity (Wildman–Crippen MR) is 136 cm³/mol. The number of nitrogens with one attached hydrogen (secondary N) is 1. The van der Waals surface area contributed by atoms with Crippen molar-refractivity contribution in [2.24, 2.45) is 0 Å². The Labute approximate surface area is 202 Å². The smallest absolute Gasteiger partial charge is 0.268 e. The summed E-state index contributed by atoms with van der Waals surface area (Å²) in [6.07, 6.45) is 2.89. The van der Waals surface area contributed by atoms with Crippen molar-refractivity contribution >= 4 is 10.1 Å². The van der Waals surface area contributed by atoms with Crippen LogP contribution in [-0.4, -0.2) is 31.4 Å². The van der Waals surface area contributed by atoms with Gasteiger partial charge < -0.3 is 10.1 Å². The molecule has 1 saturated carbocycles. The third-order valence-electron chi connectivity index (χ3n) is 7.42. The van der Waals surface area contributed by atoms with Gasteiger partial charge >= 0.3 is 0 Å². The zero-order valence-corrected chi connectivity index (χ0v) is 20.5. The molecule has 1 atom stereocenters. The molecule has 2 N–H and O–H groups in total. The predicted octanol–water partition coefficient (Wildman–Crippen LogP) is 5.53. The van der Waals surface area contributed by atoms with Crippen LogP contribution in [0.4, 0.5) is 0 Å². The molecule has 0 amide bonds. The Morgan fingerprint density at radius 1 is 0.912 bits per heavy atom. The summed E-state index contributed by atoms with van der Waals surface area (Å²) in [5.41, 5.74) is 2.63. The number of hydrogen-bond acceptors (Lipinski definition) is 4. The zero-order chi connectivity index (χ0) is 24.2. The van der Waals surface area contributed by atoms with Gasteiger partial charge in [0, 0.05) is 11.5 Å². The molecule has 0 spiro atoms. The van der Waals surface area contributed by atoms with E-state index in [0.717, 1.165) is 18.4 Å². The molecule has 0 bridgehead atoms. The van der Waals surface area contributed by atoms with Crippen molar-refractivity contribution < 1.29 is 17.7 Å². The van der Waals surface area contributed by atoms with Gasteiger partial charge in [-0.15, -0.1) is 0 Å². The van der Waals surface area contributed by atoms with Crippen LogP contribution in [0.2, 0.25) is 0 Å². The SMILES string of the molecule is COc1cccc(C2(C(C)S(=O)(=O)O)CCC(NC(c3ccccc3)c3ccccc3)CC2)c1. The van der Waals surface area contributed by atoms with Crippen LogP contribution in [0.3, 0.4) is 0 Å². The van der Waals surface area contributed by atoms with Gasteiger partial charge in [0.05, 0.1) is 18.4 Å². The first-order valence-electron chi connectivity index (χ1n) is 11.8. The number of hydrogen-bond donors (Lipinski definition) is 2. The van der Waals surface area contributed by atoms with Gasteiger partial charge in [0.1, 0.15) is 5.75 Å². The lowest BCUT2D eigenvalue weighted by molar-refractivity contribution is 0.229. The molecule has 1 fully saturated rings. The van der Waals surface area contributed by atoms with Crippen molar-refractivity contribution in [1.82, 2.24) is 5.32 Å². The van der Waals surface area contributed by atoms with Crippen LogP contribution in [-0.2, 0) is 15.5 Å². The molecule has 3 aromatic rings. The van der Waals surface area contributed by atoms with Crippen molar-refractivity contribution in [3.05, 3.63) is 102 Å². The molecule has 180 valence electrons. The van der Waals surface area contributed by atoms with E-state index in [-0.39, 0.29) is 12.1 Å². The van der Waals surface area contributed by atoms with Gasteiger partial charge in [-0.25, -0.2) is 0 Å². The number of benzene rings is 3. The second-order valence-corrected chi connectivity index (χ2v) is 11.0. The molecule has 0 heterocycles. The van der Waals surface area contributed by atoms with Crippen LogP contribution >= 0.6 is 0 Å². The molecule has 0 aliphatic heterocycles. The molecule has 1 aliphatic carbocycles. The Bertz CT molecular complexity index is 1130. The van der Waals surface area contributed by atoms with Gasteiger partial charge in [-0.05, 0) is 61.4 Å². The Kier molecular flexibility index (Phi) is 7.41. The van der Waals surface area contributed by atoms with Crippen molar-refractivity contribution in [2.75, 3.05) is 7.11 Å². The van der Waals surface area contributed by atoms with Crippen molar-refractivity contribution in [3.8, 4) is 5.75 Å². The fourth-order valence-electron chi connectivity index (χ4n) is 5.36. The van der Waals surface area contributed by atoms with E-state index < -0.39 is 20.8 Å². The lowest BCUT2D eigenvalue weighted by Gasteiger charge is -2.44. The van der Waals surface area contributed by atoms with E-state index in [2.05, 4.69) is 53.8 Å². The molecule has 1 unspecified atom stereocenters. The van der Waals surface area contributed by atoms with E-state index in [4.69, 9.17) is 4.74 Å². The van der Waals surface area contributed by atoms with E-state index in [0.29, 0.717) is 18.6 Å². The highest BCUT2D eigenvalue weighted by Crippen LogP contribution is 2.45. The average Bonchev–Trinajstić information content (AvgIpc) is 2.88. The topological polar surface area (TPSA) is 75.6 Å². The third-order valence-corrected chi connectivity index (χ3v) is 8.76. The van der Waals surface area contributed by atoms with Crippen molar-refractivity contribution in [2.45, 2.75) is 55.4 Å². The number of rotatable bonds is 8. The van der Waals surface area contributed by atoms with Crippen LogP contribution in [0.25, 0.3) is 0 Å². The monoisotopic (exact) mass is 479 g/mol. The highest BCUT2D eigenvalue weighted by Gasteiger charge is 2.46. The highest BCUT2D eigenvalue weighted by molar-refractivity contribution is 7.86. The third kappa shape index (κ3) is 5.19. The fourth-order valence-corrected chi connectivity index (χ4v) is 6.30. The van der Waals surface area contributed by atoms with Gasteiger partial charge in [0.2, 0.25) is 0 Å². The van der Waals surface area contributed by atoms with Gasteiger partial charge in [-0.2, -0.15) is 8.42 Å². The quantitative estimate of drug-likeness (QED) is 0.416. The highest BCUT2D eigenvalue weighted by atomic mass is 32.2. The molecule has 34 heavy (non-hydrogen) atoms. The van der Waals surface area contributed by atoms with Gasteiger partial charge in [0.25, 0.3) is 10.1 Å². The summed E-state index contributed by atoms with van der Waals surface area (Å²) in [6.45, 7) is 1.62. The summed E-state index contributed by atoms with van der Waals surface area (Å²) in [7, 11) is -2.61. The minimum absolute atomic E-state index is 0.0516. The van der Waals surface area contributed by atoms with E-state index in [1.807, 2.05) is 36.4 Å². The molecule has 4 rings (SSSR count). The maximum atomic E-state index is 12.3. The Balaban J connectivity index is 1.60. The van der Waals surface area contributed by atoms with Gasteiger partial charge in [-0.3, -0.25) is 4.55 Å². The Morgan fingerprint density at radius 2 is 1.47 bits per heavy atom. The van der Waals surface area contributed by atoms with Crippen molar-refractivity contribution in [1.29, 1.82) is 0 Å². The minimum Gasteiger partial charge on any atom is -0.497 e. The summed E-state index contributed by atoms with van der Waals surface area (Å²) in [6, 6.07) is 28.7. The van der Waals surface area contributed by atoms with Gasteiger partial charge in [-0.1, -0.05) is 72.8 Å². The molecule has 6 heteroatoms. The van der Waals surface area contributed by atoms with E-state index >= 15 is 0 Å². The van der Waals surface area contributed by atoms with Crippen LogP contribution in [0.1, 0.15) is 55.3 Å². The second-order valence-electron chi connectivity index (χ2n) is 9.24. The van der Waals surface area contributed by atoms with Gasteiger partial charge in [0.15, 0.2) is 0 Å². The number of ether oxygens (including phenoxy) is 1. The Hall–Kier alpha value is -2.67. The van der Waals surface area contributed by atoms with Crippen LogP contribution in [0, 0.1) is 0 Å². The van der Waals surface area contributed by atoms with Crippen molar-refractivity contribution in [3.63, 3.8) is 0 Å². The molecular formula is C28H33NO4S. The van der Waals surface area contributed by atoms with Crippen LogP contribution in [0.15, 0.2) is 84.9 Å². The largest absolute Gasteiger partial charge is 0.497 e. The lowest BCUT2D eigenvalue weighted by Crippen LogP contribution is -2.48. The zero-order valence-electron chi connectivity index (χ0n) is 19.7. The first-order valence-corrected chi connectivity index (χ1v) is 13.3. The summed E-state index contributed by atoms with van der Waals surface area (Å²) in [5.74, 6) is 0.688. The summed E-state index contributed by atoms with van der Waals surface area (Å²) >= 11 is 0. The summed E-state index contributed by atoms with van der Waals surface area (Å²) in [4.78, 5) is 0. The van der Waals surface area contributed by atoms with Crippen LogP contribution in [0.5, 0.6) is 5.75 Å². The summed E-state index contributed by atoms with van der Waals surface area (Å²) in [5, 5.41) is 2.93. The first-order chi connectivity index (χ1) is 16.3. The lowest BCUT2D eigenvalue weighted by atomic mass is 9.66. The fraction of sp³-hybridized carbons (Fsp3) is 0.357. The molecule has 0 aromatic heterocycles. The average molecular weight is 480 g/mol. The summed E-state index contributed by atoms with van der Waals surface area (Å²) < 4.78 is 40.0. The van der Waals surface area contributed by atoms with E-state index in [1.165, 1.54) is 11.1 Å². The number of methoxy groups -OCH3 is 1.